The maximum absolute atomic E-state index is 12.4. The summed E-state index contributed by atoms with van der Waals surface area (Å²) in [4.78, 5) is 12.4. The molecule has 0 radical (unpaired) electrons. The highest BCUT2D eigenvalue weighted by Gasteiger charge is 2.09. The lowest BCUT2D eigenvalue weighted by Gasteiger charge is -2.08. The smallest absolute Gasteiger partial charge is 0.276 e. The number of rotatable bonds is 6. The minimum Gasteiger partial charge on any atom is -0.489 e. The van der Waals surface area contributed by atoms with Crippen LogP contribution in [0.3, 0.4) is 0 Å². The second kappa shape index (κ2) is 8.80. The predicted molar refractivity (Wildman–Crippen MR) is 113 cm³/mol. The molecule has 0 aliphatic rings. The van der Waals surface area contributed by atoms with Crippen molar-refractivity contribution >= 4 is 11.6 Å². The third-order valence-electron chi connectivity index (χ3n) is 4.33. The number of amides is 1. The van der Waals surface area contributed by atoms with E-state index >= 15 is 0 Å². The molecule has 3 aromatic carbocycles. The van der Waals surface area contributed by atoms with Crippen LogP contribution in [0.1, 0.15) is 16.1 Å². The molecule has 5 nitrogen and oxygen atoms in total. The Balaban J connectivity index is 1.35. The molecular formula is C24H19N3O2. The molecule has 1 N–H and O–H groups in total. The first-order valence-electron chi connectivity index (χ1n) is 9.25. The quantitative estimate of drug-likeness (QED) is 0.512. The highest BCUT2D eigenvalue weighted by Crippen LogP contribution is 2.18. The van der Waals surface area contributed by atoms with Gasteiger partial charge in [0.1, 0.15) is 12.4 Å². The van der Waals surface area contributed by atoms with Gasteiger partial charge in [-0.05, 0) is 42.0 Å². The minimum atomic E-state index is -0.310. The molecule has 1 aromatic heterocycles. The molecule has 0 bridgehead atoms. The van der Waals surface area contributed by atoms with E-state index in [1.165, 1.54) is 0 Å². The van der Waals surface area contributed by atoms with Gasteiger partial charge in [0.05, 0.1) is 5.69 Å². The summed E-state index contributed by atoms with van der Waals surface area (Å²) in [5.41, 5.74) is 3.70. The van der Waals surface area contributed by atoms with Crippen LogP contribution in [0.2, 0.25) is 0 Å². The summed E-state index contributed by atoms with van der Waals surface area (Å²) >= 11 is 0. The number of carbonyl (C=O) groups is 1. The fourth-order valence-electron chi connectivity index (χ4n) is 2.79. The molecule has 29 heavy (non-hydrogen) atoms. The van der Waals surface area contributed by atoms with Crippen LogP contribution < -0.4 is 10.1 Å². The van der Waals surface area contributed by atoms with Crippen LogP contribution in [0.15, 0.2) is 97.1 Å². The normalized spacial score (nSPS) is 10.3. The van der Waals surface area contributed by atoms with Crippen LogP contribution >= 0.6 is 0 Å². The van der Waals surface area contributed by atoms with Crippen molar-refractivity contribution in [2.24, 2.45) is 0 Å². The van der Waals surface area contributed by atoms with Gasteiger partial charge in [-0.15, -0.1) is 10.2 Å². The Morgan fingerprint density at radius 1 is 0.759 bits per heavy atom. The number of ether oxygens (including phenoxy) is 1. The summed E-state index contributed by atoms with van der Waals surface area (Å²) in [5.74, 6) is 0.425. The summed E-state index contributed by atoms with van der Waals surface area (Å²) in [5, 5.41) is 11.0. The molecule has 0 saturated carbocycles. The van der Waals surface area contributed by atoms with E-state index in [9.17, 15) is 4.79 Å². The van der Waals surface area contributed by atoms with Crippen molar-refractivity contribution in [1.82, 2.24) is 10.2 Å². The Morgan fingerprint density at radius 2 is 1.45 bits per heavy atom. The van der Waals surface area contributed by atoms with Gasteiger partial charge >= 0.3 is 0 Å². The molecule has 0 aliphatic carbocycles. The molecule has 1 amide bonds. The van der Waals surface area contributed by atoms with Gasteiger partial charge in [0.15, 0.2) is 5.69 Å². The van der Waals surface area contributed by atoms with Crippen molar-refractivity contribution in [1.29, 1.82) is 0 Å². The predicted octanol–water partition coefficient (Wildman–Crippen LogP) is 4.97. The third kappa shape index (κ3) is 4.84. The van der Waals surface area contributed by atoms with E-state index in [1.54, 1.807) is 24.3 Å². The Morgan fingerprint density at radius 3 is 2.10 bits per heavy atom. The number of nitrogens with one attached hydrogen (secondary N) is 1. The number of hydrogen-bond donors (Lipinski definition) is 1. The van der Waals surface area contributed by atoms with Gasteiger partial charge in [-0.25, -0.2) is 0 Å². The zero-order valence-corrected chi connectivity index (χ0v) is 15.7. The zero-order valence-electron chi connectivity index (χ0n) is 15.7. The van der Waals surface area contributed by atoms with E-state index in [4.69, 9.17) is 4.74 Å². The first-order chi connectivity index (χ1) is 14.3. The number of nitrogens with zero attached hydrogens (tertiary/aromatic N) is 2. The number of benzene rings is 3. The van der Waals surface area contributed by atoms with Gasteiger partial charge in [-0.2, -0.15) is 0 Å². The van der Waals surface area contributed by atoms with Crippen molar-refractivity contribution in [3.8, 4) is 17.0 Å². The maximum Gasteiger partial charge on any atom is 0.276 e. The summed E-state index contributed by atoms with van der Waals surface area (Å²) in [6, 6.07) is 30.4. The molecule has 4 aromatic rings. The summed E-state index contributed by atoms with van der Waals surface area (Å²) in [6.07, 6.45) is 0. The van der Waals surface area contributed by atoms with E-state index in [1.807, 2.05) is 72.8 Å². The lowest BCUT2D eigenvalue weighted by Crippen LogP contribution is -2.14. The molecule has 0 saturated heterocycles. The van der Waals surface area contributed by atoms with Crippen molar-refractivity contribution < 1.29 is 9.53 Å². The van der Waals surface area contributed by atoms with Gasteiger partial charge in [-0.3, -0.25) is 4.79 Å². The van der Waals surface area contributed by atoms with Gasteiger partial charge < -0.3 is 10.1 Å². The average Bonchev–Trinajstić information content (AvgIpc) is 2.80. The van der Waals surface area contributed by atoms with Gasteiger partial charge in [0, 0.05) is 11.3 Å². The van der Waals surface area contributed by atoms with E-state index < -0.39 is 0 Å². The van der Waals surface area contributed by atoms with E-state index in [2.05, 4.69) is 15.5 Å². The molecular weight excluding hydrogens is 362 g/mol. The number of carbonyl (C=O) groups excluding carboxylic acids is 1. The van der Waals surface area contributed by atoms with Crippen molar-refractivity contribution in [3.63, 3.8) is 0 Å². The maximum atomic E-state index is 12.4. The molecule has 0 aliphatic heterocycles. The lowest BCUT2D eigenvalue weighted by molar-refractivity contribution is 0.102. The number of aromatic nitrogens is 2. The molecule has 4 rings (SSSR count). The molecule has 0 atom stereocenters. The number of hydrogen-bond acceptors (Lipinski definition) is 4. The van der Waals surface area contributed by atoms with Crippen LogP contribution in [-0.4, -0.2) is 16.1 Å². The van der Waals surface area contributed by atoms with E-state index in [-0.39, 0.29) is 11.6 Å². The first-order valence-corrected chi connectivity index (χ1v) is 9.25. The zero-order chi connectivity index (χ0) is 19.9. The Bertz CT molecular complexity index is 1060. The molecule has 142 valence electrons. The second-order valence-corrected chi connectivity index (χ2v) is 6.42. The Kier molecular flexibility index (Phi) is 5.58. The Hall–Kier alpha value is -3.99. The fraction of sp³-hybridized carbons (Fsp3) is 0.0417. The highest BCUT2D eigenvalue weighted by atomic mass is 16.5. The highest BCUT2D eigenvalue weighted by molar-refractivity contribution is 6.02. The molecule has 0 fully saturated rings. The summed E-state index contributed by atoms with van der Waals surface area (Å²) in [6.45, 7) is 0.496. The summed E-state index contributed by atoms with van der Waals surface area (Å²) in [7, 11) is 0. The molecule has 5 heteroatoms. The summed E-state index contributed by atoms with van der Waals surface area (Å²) < 4.78 is 5.76. The standard InChI is InChI=1S/C24H19N3O2/c28-24(23-16-15-22(26-27-23)19-9-5-2-6-10-19)25-20-11-13-21(14-12-20)29-17-18-7-3-1-4-8-18/h1-16H,17H2,(H,25,28). The van der Waals surface area contributed by atoms with Crippen LogP contribution in [0.4, 0.5) is 5.69 Å². The Labute approximate surface area is 169 Å². The van der Waals surface area contributed by atoms with Crippen LogP contribution in [0.5, 0.6) is 5.75 Å². The van der Waals surface area contributed by atoms with Gasteiger partial charge in [0.2, 0.25) is 0 Å². The monoisotopic (exact) mass is 381 g/mol. The second-order valence-electron chi connectivity index (χ2n) is 6.42. The van der Waals surface area contributed by atoms with Crippen molar-refractivity contribution in [2.45, 2.75) is 6.61 Å². The van der Waals surface area contributed by atoms with Gasteiger partial charge in [0.25, 0.3) is 5.91 Å². The fourth-order valence-corrected chi connectivity index (χ4v) is 2.79. The third-order valence-corrected chi connectivity index (χ3v) is 4.33. The topological polar surface area (TPSA) is 64.1 Å². The lowest BCUT2D eigenvalue weighted by atomic mass is 10.1. The van der Waals surface area contributed by atoms with Crippen LogP contribution in [-0.2, 0) is 6.61 Å². The molecule has 1 heterocycles. The average molecular weight is 381 g/mol. The minimum absolute atomic E-state index is 0.258. The van der Waals surface area contributed by atoms with Crippen LogP contribution in [0.25, 0.3) is 11.3 Å². The van der Waals surface area contributed by atoms with Crippen LogP contribution in [0, 0.1) is 0 Å². The number of anilines is 1. The molecule has 0 unspecified atom stereocenters. The van der Waals surface area contributed by atoms with Gasteiger partial charge in [-0.1, -0.05) is 60.7 Å². The van der Waals surface area contributed by atoms with E-state index in [0.29, 0.717) is 12.3 Å². The first kappa shape index (κ1) is 18.4. The van der Waals surface area contributed by atoms with Crippen molar-refractivity contribution in [2.75, 3.05) is 5.32 Å². The molecule has 0 spiro atoms. The van der Waals surface area contributed by atoms with E-state index in [0.717, 1.165) is 22.6 Å². The SMILES string of the molecule is O=C(Nc1ccc(OCc2ccccc2)cc1)c1ccc(-c2ccccc2)nn1. The van der Waals surface area contributed by atoms with Crippen molar-refractivity contribution in [3.05, 3.63) is 108 Å². The largest absolute Gasteiger partial charge is 0.489 e.